The molecule has 2 heterocycles. The third kappa shape index (κ3) is 2.76. The smallest absolute Gasteiger partial charge is 0.246 e. The summed E-state index contributed by atoms with van der Waals surface area (Å²) in [5.74, 6) is 0. The largest absolute Gasteiger partial charge is 0.284 e. The van der Waals surface area contributed by atoms with Crippen LogP contribution in [0.1, 0.15) is 4.88 Å². The van der Waals surface area contributed by atoms with E-state index in [1.54, 1.807) is 7.05 Å². The molecule has 0 unspecified atom stereocenters. The molecule has 0 aromatic carbocycles. The molecule has 0 fully saturated rings. The maximum atomic E-state index is 12.1. The summed E-state index contributed by atoms with van der Waals surface area (Å²) in [7, 11) is -1.90. The van der Waals surface area contributed by atoms with Crippen LogP contribution in [0.5, 0.6) is 0 Å². The molecule has 0 aliphatic rings. The Kier molecular flexibility index (Phi) is 3.67. The Bertz CT molecular complexity index is 592. The lowest BCUT2D eigenvalue weighted by atomic mass is 10.5. The lowest BCUT2D eigenvalue weighted by molar-refractivity contribution is 0.469. The average molecular weight is 336 g/mol. The molecule has 2 aromatic heterocycles. The molecular weight excluding hydrogens is 326 g/mol. The van der Waals surface area contributed by atoms with E-state index in [-0.39, 0.29) is 4.90 Å². The molecule has 0 aliphatic carbocycles. The Labute approximate surface area is 112 Å². The first-order valence-corrected chi connectivity index (χ1v) is 7.79. The average Bonchev–Trinajstić information content (AvgIpc) is 2.89. The Morgan fingerprint density at radius 1 is 1.59 bits per heavy atom. The highest BCUT2D eigenvalue weighted by Gasteiger charge is 2.22. The molecule has 2 aromatic rings. The van der Waals surface area contributed by atoms with Crippen molar-refractivity contribution in [1.82, 2.24) is 14.5 Å². The van der Waals surface area contributed by atoms with Gasteiger partial charge < -0.3 is 0 Å². The first kappa shape index (κ1) is 12.7. The van der Waals surface area contributed by atoms with Crippen molar-refractivity contribution in [3.8, 4) is 0 Å². The molecule has 17 heavy (non-hydrogen) atoms. The fraction of sp³-hybridized carbons (Fsp3) is 0.222. The van der Waals surface area contributed by atoms with Crippen LogP contribution >= 0.6 is 27.3 Å². The summed E-state index contributed by atoms with van der Waals surface area (Å²) in [5.41, 5.74) is 0. The van der Waals surface area contributed by atoms with E-state index in [2.05, 4.69) is 26.1 Å². The number of aromatic nitrogens is 2. The van der Waals surface area contributed by atoms with Gasteiger partial charge in [0.25, 0.3) is 0 Å². The van der Waals surface area contributed by atoms with E-state index in [0.717, 1.165) is 9.35 Å². The van der Waals surface area contributed by atoms with Crippen molar-refractivity contribution in [3.05, 3.63) is 33.2 Å². The van der Waals surface area contributed by atoms with Gasteiger partial charge in [0.2, 0.25) is 10.0 Å². The molecule has 8 heteroatoms. The zero-order chi connectivity index (χ0) is 12.5. The predicted octanol–water partition coefficient (Wildman–Crippen LogP) is 2.05. The summed E-state index contributed by atoms with van der Waals surface area (Å²) in [6.45, 7) is 0.351. The third-order valence-electron chi connectivity index (χ3n) is 2.18. The quantitative estimate of drug-likeness (QED) is 0.929. The highest BCUT2D eigenvalue weighted by molar-refractivity contribution is 9.10. The summed E-state index contributed by atoms with van der Waals surface area (Å²) in [4.78, 5) is 1.15. The summed E-state index contributed by atoms with van der Waals surface area (Å²) in [6.07, 6.45) is 2.67. The molecule has 0 bridgehead atoms. The van der Waals surface area contributed by atoms with Crippen LogP contribution in [0.25, 0.3) is 0 Å². The minimum Gasteiger partial charge on any atom is -0.284 e. The monoisotopic (exact) mass is 335 g/mol. The summed E-state index contributed by atoms with van der Waals surface area (Å²) in [6, 6.07) is 1.91. The van der Waals surface area contributed by atoms with E-state index in [4.69, 9.17) is 0 Å². The van der Waals surface area contributed by atoms with E-state index in [0.29, 0.717) is 6.54 Å². The number of nitrogens with one attached hydrogen (secondary N) is 1. The van der Waals surface area contributed by atoms with E-state index in [1.807, 2.05) is 11.4 Å². The maximum absolute atomic E-state index is 12.1. The van der Waals surface area contributed by atoms with Crippen LogP contribution in [-0.2, 0) is 16.6 Å². The Balaban J connectivity index is 2.18. The van der Waals surface area contributed by atoms with E-state index in [9.17, 15) is 8.42 Å². The van der Waals surface area contributed by atoms with Crippen molar-refractivity contribution < 1.29 is 8.42 Å². The zero-order valence-electron chi connectivity index (χ0n) is 8.92. The second kappa shape index (κ2) is 4.89. The number of nitrogens with zero attached hydrogens (tertiary/aromatic N) is 2. The van der Waals surface area contributed by atoms with Crippen LogP contribution in [0, 0.1) is 0 Å². The normalized spacial score (nSPS) is 12.2. The van der Waals surface area contributed by atoms with Crippen molar-refractivity contribution in [3.63, 3.8) is 0 Å². The summed E-state index contributed by atoms with van der Waals surface area (Å²) < 4.78 is 26.4. The molecule has 0 spiro atoms. The molecule has 0 radical (unpaired) electrons. The van der Waals surface area contributed by atoms with Gasteiger partial charge in [-0.3, -0.25) is 5.10 Å². The van der Waals surface area contributed by atoms with Gasteiger partial charge in [-0.1, -0.05) is 0 Å². The SMILES string of the molecule is CN(Cc1cc(Br)cs1)S(=O)(=O)c1cn[nH]c1. The van der Waals surface area contributed by atoms with Gasteiger partial charge in [0.1, 0.15) is 4.90 Å². The Morgan fingerprint density at radius 3 is 2.88 bits per heavy atom. The third-order valence-corrected chi connectivity index (χ3v) is 5.63. The fourth-order valence-corrected chi connectivity index (χ4v) is 3.94. The van der Waals surface area contributed by atoms with Crippen LogP contribution in [0.3, 0.4) is 0 Å². The Morgan fingerprint density at radius 2 is 2.35 bits per heavy atom. The highest BCUT2D eigenvalue weighted by Crippen LogP contribution is 2.23. The number of thiophene rings is 1. The highest BCUT2D eigenvalue weighted by atomic mass is 79.9. The number of rotatable bonds is 4. The molecule has 0 saturated carbocycles. The van der Waals surface area contributed by atoms with Crippen molar-refractivity contribution in [1.29, 1.82) is 0 Å². The molecule has 0 saturated heterocycles. The van der Waals surface area contributed by atoms with Crippen LogP contribution in [-0.4, -0.2) is 30.0 Å². The second-order valence-corrected chi connectivity index (χ2v) is 7.38. The van der Waals surface area contributed by atoms with Crippen LogP contribution < -0.4 is 0 Å². The minimum absolute atomic E-state index is 0.177. The van der Waals surface area contributed by atoms with Gasteiger partial charge in [-0.15, -0.1) is 11.3 Å². The van der Waals surface area contributed by atoms with E-state index < -0.39 is 10.0 Å². The van der Waals surface area contributed by atoms with Gasteiger partial charge in [0, 0.05) is 34.5 Å². The molecule has 92 valence electrons. The lowest BCUT2D eigenvalue weighted by Gasteiger charge is -2.14. The first-order chi connectivity index (χ1) is 8.00. The van der Waals surface area contributed by atoms with Gasteiger partial charge >= 0.3 is 0 Å². The van der Waals surface area contributed by atoms with Crippen LogP contribution in [0.4, 0.5) is 0 Å². The van der Waals surface area contributed by atoms with Crippen molar-refractivity contribution in [2.24, 2.45) is 0 Å². The summed E-state index contributed by atoms with van der Waals surface area (Å²) >= 11 is 4.85. The lowest BCUT2D eigenvalue weighted by Crippen LogP contribution is -2.25. The number of H-pyrrole nitrogens is 1. The topological polar surface area (TPSA) is 66.1 Å². The minimum atomic E-state index is -3.45. The van der Waals surface area contributed by atoms with Crippen molar-refractivity contribution >= 4 is 37.3 Å². The number of hydrogen-bond acceptors (Lipinski definition) is 4. The van der Waals surface area contributed by atoms with Gasteiger partial charge in [-0.25, -0.2) is 8.42 Å². The van der Waals surface area contributed by atoms with Gasteiger partial charge in [0.05, 0.1) is 6.20 Å². The number of sulfonamides is 1. The van der Waals surface area contributed by atoms with Crippen molar-refractivity contribution in [2.75, 3.05) is 7.05 Å². The van der Waals surface area contributed by atoms with Crippen LogP contribution in [0.2, 0.25) is 0 Å². The van der Waals surface area contributed by atoms with Gasteiger partial charge in [-0.05, 0) is 22.0 Å². The molecule has 0 atom stereocenters. The predicted molar refractivity (Wildman–Crippen MR) is 69.3 cm³/mol. The molecule has 2 rings (SSSR count). The zero-order valence-corrected chi connectivity index (χ0v) is 12.1. The molecule has 0 aliphatic heterocycles. The first-order valence-electron chi connectivity index (χ1n) is 4.68. The van der Waals surface area contributed by atoms with Crippen LogP contribution in [0.15, 0.2) is 33.2 Å². The van der Waals surface area contributed by atoms with Gasteiger partial charge in [-0.2, -0.15) is 9.40 Å². The molecular formula is C9H10BrN3O2S2. The molecule has 5 nitrogen and oxygen atoms in total. The number of hydrogen-bond donors (Lipinski definition) is 1. The fourth-order valence-electron chi connectivity index (χ4n) is 1.30. The number of halogens is 1. The van der Waals surface area contributed by atoms with Gasteiger partial charge in [0.15, 0.2) is 0 Å². The van der Waals surface area contributed by atoms with E-state index >= 15 is 0 Å². The molecule has 1 N–H and O–H groups in total. The van der Waals surface area contributed by atoms with Crippen molar-refractivity contribution in [2.45, 2.75) is 11.4 Å². The standard InChI is InChI=1S/C9H10BrN3O2S2/c1-13(5-8-2-7(10)6-16-8)17(14,15)9-3-11-12-4-9/h2-4,6H,5H2,1H3,(H,11,12). The van der Waals surface area contributed by atoms with E-state index in [1.165, 1.54) is 28.0 Å². The molecule has 0 amide bonds. The maximum Gasteiger partial charge on any atom is 0.246 e. The second-order valence-electron chi connectivity index (χ2n) is 3.43. The Hall–Kier alpha value is -0.700. The summed E-state index contributed by atoms with van der Waals surface area (Å²) in [5, 5.41) is 8.07. The number of aromatic amines is 1.